The van der Waals surface area contributed by atoms with Crippen molar-refractivity contribution < 1.29 is 56.6 Å². The molecule has 244 valence electrons. The lowest BCUT2D eigenvalue weighted by Gasteiger charge is -2.24. The Kier molecular flexibility index (Phi) is 8.43. The van der Waals surface area contributed by atoms with Gasteiger partial charge in [0.15, 0.2) is 41.3 Å². The SMILES string of the molecule is Nc1nc2c(ncn2[C@@H]2O[C@H](CO[PH](=O)O)[C@@H](F)[C@H]2OP(=O)(O)OC[C@H]2O[C@@H](n3cnc4c(N)ncnc43)[C@H](O)[C@@H]2O)c(=O)[nH]1. The van der Waals surface area contributed by atoms with E-state index in [2.05, 4.69) is 34.4 Å². The van der Waals surface area contributed by atoms with Gasteiger partial charge in [-0.05, 0) is 0 Å². The Balaban J connectivity index is 1.20. The number of imidazole rings is 2. The highest BCUT2D eigenvalue weighted by Crippen LogP contribution is 2.50. The van der Waals surface area contributed by atoms with E-state index in [0.29, 0.717) is 0 Å². The number of nitrogens with two attached hydrogens (primary N) is 2. The molecule has 6 rings (SSSR count). The van der Waals surface area contributed by atoms with Crippen LogP contribution in [0.5, 0.6) is 0 Å². The summed E-state index contributed by atoms with van der Waals surface area (Å²) in [5, 5.41) is 21.2. The van der Waals surface area contributed by atoms with Crippen molar-refractivity contribution in [2.45, 2.75) is 49.1 Å². The molecule has 2 fully saturated rings. The number of nitrogens with one attached hydrogen (secondary N) is 1. The Morgan fingerprint density at radius 3 is 2.44 bits per heavy atom. The standard InChI is InChI=1S/C20H25FN10O12P2/c21-8-6(1-39-44(35)36)41-19(31-5-27-10-16(31)28-20(23)29-17(10)34)13(8)43-45(37,38)40-2-7-11(32)12(33)18(42-7)30-4-26-9-14(22)24-3-25-15(9)30/h3-8,11-13,18-19,32-33,44H,1-2H2,(H,35,36)(H,37,38)(H2,22,24,25)(H3,23,28,29,34)/t6-,7-,8-,11-,12-,13-,18-,19-/m1/s1. The smallest absolute Gasteiger partial charge is 0.387 e. The molecule has 25 heteroatoms. The summed E-state index contributed by atoms with van der Waals surface area (Å²) in [6, 6.07) is 0. The van der Waals surface area contributed by atoms with E-state index >= 15 is 4.39 Å². The molecule has 4 aromatic heterocycles. The molecule has 0 aromatic carbocycles. The first-order valence-electron chi connectivity index (χ1n) is 12.8. The Labute approximate surface area is 249 Å². The van der Waals surface area contributed by atoms with E-state index in [0.717, 1.165) is 17.2 Å². The number of ether oxygens (including phenoxy) is 2. The van der Waals surface area contributed by atoms with Gasteiger partial charge < -0.3 is 45.5 Å². The zero-order chi connectivity index (χ0) is 32.2. The van der Waals surface area contributed by atoms with Crippen LogP contribution in [0.25, 0.3) is 22.3 Å². The first-order valence-corrected chi connectivity index (χ1v) is 15.6. The van der Waals surface area contributed by atoms with Gasteiger partial charge in [0.25, 0.3) is 5.56 Å². The van der Waals surface area contributed by atoms with E-state index in [1.807, 2.05) is 0 Å². The number of aliphatic hydroxyl groups is 2. The van der Waals surface area contributed by atoms with Gasteiger partial charge in [0, 0.05) is 0 Å². The minimum absolute atomic E-state index is 0.0553. The molecule has 0 aliphatic carbocycles. The monoisotopic (exact) mass is 678 g/mol. The molecule has 2 unspecified atom stereocenters. The van der Waals surface area contributed by atoms with Gasteiger partial charge in [0.2, 0.25) is 5.95 Å². The second kappa shape index (κ2) is 12.0. The largest absolute Gasteiger partial charge is 0.472 e. The van der Waals surface area contributed by atoms with Gasteiger partial charge in [-0.3, -0.25) is 32.5 Å². The normalized spacial score (nSPS) is 30.7. The fourth-order valence-electron chi connectivity index (χ4n) is 4.95. The molecule has 4 aromatic rings. The highest BCUT2D eigenvalue weighted by atomic mass is 31.2. The molecule has 2 saturated heterocycles. The first kappa shape index (κ1) is 31.5. The number of aromatic amines is 1. The van der Waals surface area contributed by atoms with E-state index in [9.17, 15) is 29.0 Å². The maximum absolute atomic E-state index is 15.6. The van der Waals surface area contributed by atoms with Gasteiger partial charge in [0.05, 0.1) is 25.9 Å². The number of phosphoric acid groups is 1. The molecule has 10 atom stereocenters. The number of hydrogen-bond acceptors (Lipinski definition) is 17. The molecule has 0 saturated carbocycles. The molecule has 45 heavy (non-hydrogen) atoms. The van der Waals surface area contributed by atoms with Gasteiger partial charge in [-0.2, -0.15) is 4.98 Å². The van der Waals surface area contributed by atoms with Crippen molar-refractivity contribution in [1.82, 2.24) is 39.0 Å². The third-order valence-corrected chi connectivity index (χ3v) is 8.41. The highest BCUT2D eigenvalue weighted by Gasteiger charge is 2.52. The number of aliphatic hydroxyl groups excluding tert-OH is 2. The number of nitrogen functional groups attached to an aromatic ring is 2. The van der Waals surface area contributed by atoms with Gasteiger partial charge in [0.1, 0.15) is 42.4 Å². The summed E-state index contributed by atoms with van der Waals surface area (Å²) in [4.78, 5) is 53.8. The number of H-pyrrole nitrogens is 1. The number of anilines is 2. The number of aromatic nitrogens is 8. The van der Waals surface area contributed by atoms with Crippen molar-refractivity contribution in [3.63, 3.8) is 0 Å². The second-order valence-corrected chi connectivity index (χ2v) is 12.1. The Morgan fingerprint density at radius 1 is 1.02 bits per heavy atom. The average molecular weight is 678 g/mol. The molecule has 6 heterocycles. The third kappa shape index (κ3) is 5.95. The van der Waals surface area contributed by atoms with Crippen LogP contribution < -0.4 is 17.0 Å². The number of nitrogens with zero attached hydrogens (tertiary/aromatic N) is 7. The van der Waals surface area contributed by atoms with Crippen molar-refractivity contribution in [2.24, 2.45) is 0 Å². The van der Waals surface area contributed by atoms with Crippen molar-refractivity contribution in [3.05, 3.63) is 29.3 Å². The minimum atomic E-state index is -5.23. The molecule has 0 spiro atoms. The lowest BCUT2D eigenvalue weighted by atomic mass is 10.1. The lowest BCUT2D eigenvalue weighted by Crippen LogP contribution is -2.34. The van der Waals surface area contributed by atoms with E-state index in [1.165, 1.54) is 10.9 Å². The van der Waals surface area contributed by atoms with Crippen LogP contribution in [0.4, 0.5) is 16.2 Å². The number of halogens is 1. The number of fused-ring (bicyclic) bond motifs is 2. The van der Waals surface area contributed by atoms with Crippen LogP contribution in [-0.4, -0.2) is 109 Å². The fourth-order valence-corrected chi connectivity index (χ4v) is 6.18. The number of phosphoric ester groups is 1. The molecule has 9 N–H and O–H groups in total. The fraction of sp³-hybridized carbons (Fsp3) is 0.500. The number of hydrogen-bond donors (Lipinski definition) is 7. The number of rotatable bonds is 10. The second-order valence-electron chi connectivity index (χ2n) is 9.83. The third-order valence-electron chi connectivity index (χ3n) is 7.02. The molecule has 2 aliphatic heterocycles. The molecular formula is C20H25FN10O12P2. The van der Waals surface area contributed by atoms with Crippen molar-refractivity contribution in [3.8, 4) is 0 Å². The molecule has 2 aliphatic rings. The summed E-state index contributed by atoms with van der Waals surface area (Å²) in [7, 11) is -8.74. The maximum atomic E-state index is 15.6. The zero-order valence-electron chi connectivity index (χ0n) is 22.4. The Bertz CT molecular complexity index is 1860. The molecule has 0 bridgehead atoms. The lowest BCUT2D eigenvalue weighted by molar-refractivity contribution is -0.0607. The quantitative estimate of drug-likeness (QED) is 0.0881. The van der Waals surface area contributed by atoms with Crippen LogP contribution >= 0.6 is 16.1 Å². The van der Waals surface area contributed by atoms with E-state index in [4.69, 9.17) is 34.9 Å². The molecule has 0 radical (unpaired) electrons. The van der Waals surface area contributed by atoms with E-state index in [1.54, 1.807) is 0 Å². The summed E-state index contributed by atoms with van der Waals surface area (Å²) in [6.45, 7) is -1.59. The number of alkyl halides is 1. The topological polar surface area (TPSA) is 320 Å². The summed E-state index contributed by atoms with van der Waals surface area (Å²) in [5.41, 5.74) is 10.6. The van der Waals surface area contributed by atoms with Crippen LogP contribution in [0.1, 0.15) is 12.5 Å². The van der Waals surface area contributed by atoms with Crippen molar-refractivity contribution in [2.75, 3.05) is 24.7 Å². The molecular weight excluding hydrogens is 653 g/mol. The minimum Gasteiger partial charge on any atom is -0.387 e. The van der Waals surface area contributed by atoms with Crippen molar-refractivity contribution >= 4 is 50.2 Å². The van der Waals surface area contributed by atoms with Gasteiger partial charge in [-0.15, -0.1) is 0 Å². The van der Waals surface area contributed by atoms with E-state index in [-0.39, 0.29) is 34.1 Å². The first-order chi connectivity index (χ1) is 21.3. The van der Waals surface area contributed by atoms with Crippen molar-refractivity contribution in [1.29, 1.82) is 0 Å². The van der Waals surface area contributed by atoms with Gasteiger partial charge in [-0.25, -0.2) is 28.9 Å². The molecule has 0 amide bonds. The van der Waals surface area contributed by atoms with Crippen LogP contribution in [0.3, 0.4) is 0 Å². The average Bonchev–Trinajstić information content (AvgIpc) is 3.73. The summed E-state index contributed by atoms with van der Waals surface area (Å²) >= 11 is 0. The van der Waals surface area contributed by atoms with Crippen LogP contribution in [-0.2, 0) is 32.2 Å². The summed E-state index contributed by atoms with van der Waals surface area (Å²) in [6.07, 6.45) is -9.94. The Morgan fingerprint density at radius 2 is 1.71 bits per heavy atom. The predicted octanol–water partition coefficient (Wildman–Crippen LogP) is -2.12. The maximum Gasteiger partial charge on any atom is 0.472 e. The highest BCUT2D eigenvalue weighted by molar-refractivity contribution is 7.47. The predicted molar refractivity (Wildman–Crippen MR) is 145 cm³/mol. The summed E-state index contributed by atoms with van der Waals surface area (Å²) < 4.78 is 68.0. The van der Waals surface area contributed by atoms with E-state index < -0.39 is 84.0 Å². The van der Waals surface area contributed by atoms with Gasteiger partial charge >= 0.3 is 16.1 Å². The van der Waals surface area contributed by atoms with Crippen LogP contribution in [0.2, 0.25) is 0 Å². The molecule has 22 nitrogen and oxygen atoms in total. The van der Waals surface area contributed by atoms with Gasteiger partial charge in [-0.1, -0.05) is 0 Å². The summed E-state index contributed by atoms with van der Waals surface area (Å²) in [5.74, 6) is -0.272. The van der Waals surface area contributed by atoms with Crippen LogP contribution in [0.15, 0.2) is 23.8 Å². The Hall–Kier alpha value is -3.47. The van der Waals surface area contributed by atoms with Crippen LogP contribution in [0, 0.1) is 0 Å². The zero-order valence-corrected chi connectivity index (χ0v) is 24.3.